The molecule has 0 amide bonds. The first-order chi connectivity index (χ1) is 10.8. The van der Waals surface area contributed by atoms with Crippen molar-refractivity contribution in [3.63, 3.8) is 0 Å². The third-order valence-corrected chi connectivity index (χ3v) is 4.23. The number of aryl methyl sites for hydroxylation is 1. The minimum atomic E-state index is 0.697. The monoisotopic (exact) mass is 308 g/mol. The van der Waals surface area contributed by atoms with Gasteiger partial charge in [-0.05, 0) is 42.9 Å². The molecule has 1 N–H and O–H groups in total. The summed E-state index contributed by atoms with van der Waals surface area (Å²) in [5, 5.41) is 4.00. The number of benzene rings is 2. The number of anilines is 2. The molecule has 5 heteroatoms. The van der Waals surface area contributed by atoms with E-state index < -0.39 is 0 Å². The van der Waals surface area contributed by atoms with Crippen molar-refractivity contribution >= 4 is 40.0 Å². The maximum atomic E-state index is 5.60. The molecule has 0 bridgehead atoms. The summed E-state index contributed by atoms with van der Waals surface area (Å²) < 4.78 is 2.25. The van der Waals surface area contributed by atoms with E-state index in [4.69, 9.17) is 17.2 Å². The molecular formula is C17H16N4S. The Balaban J connectivity index is 1.68. The van der Waals surface area contributed by atoms with Gasteiger partial charge in [-0.25, -0.2) is 4.98 Å². The fourth-order valence-corrected chi connectivity index (χ4v) is 3.17. The van der Waals surface area contributed by atoms with Gasteiger partial charge in [-0.3, -0.25) is 4.90 Å². The second-order valence-corrected chi connectivity index (χ2v) is 5.74. The average Bonchev–Trinajstić information content (AvgIpc) is 2.94. The topological polar surface area (TPSA) is 33.1 Å². The van der Waals surface area contributed by atoms with E-state index in [-0.39, 0.29) is 0 Å². The highest BCUT2D eigenvalue weighted by Crippen LogP contribution is 2.27. The largest absolute Gasteiger partial charge is 0.332 e. The summed E-state index contributed by atoms with van der Waals surface area (Å²) in [5.74, 6) is 0.931. The predicted molar refractivity (Wildman–Crippen MR) is 94.4 cm³/mol. The fourth-order valence-electron chi connectivity index (χ4n) is 2.88. The SMILES string of the molecule is S=C(Nc1ccccc1)N1CCCn2c1nc1ccccc12. The maximum Gasteiger partial charge on any atom is 0.212 e. The molecule has 3 aromatic rings. The van der Waals surface area contributed by atoms with Crippen LogP contribution in [-0.2, 0) is 6.54 Å². The van der Waals surface area contributed by atoms with Crippen molar-refractivity contribution in [3.8, 4) is 0 Å². The number of fused-ring (bicyclic) bond motifs is 3. The van der Waals surface area contributed by atoms with Crippen LogP contribution < -0.4 is 10.2 Å². The minimum Gasteiger partial charge on any atom is -0.332 e. The van der Waals surface area contributed by atoms with E-state index in [2.05, 4.69) is 26.9 Å². The molecule has 0 aliphatic carbocycles. The Kier molecular flexibility index (Phi) is 3.27. The molecule has 0 fully saturated rings. The Morgan fingerprint density at radius 1 is 1.00 bits per heavy atom. The summed E-state index contributed by atoms with van der Waals surface area (Å²) in [7, 11) is 0. The quantitative estimate of drug-likeness (QED) is 0.696. The van der Waals surface area contributed by atoms with Crippen molar-refractivity contribution in [2.45, 2.75) is 13.0 Å². The average molecular weight is 308 g/mol. The second kappa shape index (κ2) is 5.42. The van der Waals surface area contributed by atoms with Gasteiger partial charge in [-0.15, -0.1) is 0 Å². The fraction of sp³-hybridized carbons (Fsp3) is 0.176. The lowest BCUT2D eigenvalue weighted by Crippen LogP contribution is -2.40. The summed E-state index contributed by atoms with van der Waals surface area (Å²) >= 11 is 5.60. The number of nitrogens with one attached hydrogen (secondary N) is 1. The Morgan fingerprint density at radius 2 is 1.77 bits per heavy atom. The van der Waals surface area contributed by atoms with Crippen LogP contribution in [0.25, 0.3) is 11.0 Å². The molecule has 1 aromatic heterocycles. The lowest BCUT2D eigenvalue weighted by molar-refractivity contribution is 0.612. The number of hydrogen-bond acceptors (Lipinski definition) is 2. The predicted octanol–water partition coefficient (Wildman–Crippen LogP) is 3.64. The second-order valence-electron chi connectivity index (χ2n) is 5.35. The molecule has 2 heterocycles. The van der Waals surface area contributed by atoms with Crippen LogP contribution in [0.3, 0.4) is 0 Å². The highest BCUT2D eigenvalue weighted by Gasteiger charge is 2.23. The van der Waals surface area contributed by atoms with Gasteiger partial charge < -0.3 is 9.88 Å². The van der Waals surface area contributed by atoms with Crippen LogP contribution in [-0.4, -0.2) is 21.2 Å². The first kappa shape index (κ1) is 13.3. The highest BCUT2D eigenvalue weighted by atomic mass is 32.1. The zero-order chi connectivity index (χ0) is 14.9. The summed E-state index contributed by atoms with van der Waals surface area (Å²) in [4.78, 5) is 6.85. The van der Waals surface area contributed by atoms with E-state index in [0.717, 1.165) is 36.7 Å². The van der Waals surface area contributed by atoms with Gasteiger partial charge in [0, 0.05) is 18.8 Å². The van der Waals surface area contributed by atoms with Crippen molar-refractivity contribution in [2.75, 3.05) is 16.8 Å². The zero-order valence-corrected chi connectivity index (χ0v) is 12.9. The summed E-state index contributed by atoms with van der Waals surface area (Å²) in [6, 6.07) is 18.2. The van der Waals surface area contributed by atoms with Crippen LogP contribution in [0.5, 0.6) is 0 Å². The molecule has 0 spiro atoms. The molecule has 4 rings (SSSR count). The van der Waals surface area contributed by atoms with E-state index in [1.165, 1.54) is 5.52 Å². The van der Waals surface area contributed by atoms with Gasteiger partial charge in [0.2, 0.25) is 5.95 Å². The molecule has 0 saturated heterocycles. The van der Waals surface area contributed by atoms with Crippen molar-refractivity contribution in [1.82, 2.24) is 9.55 Å². The van der Waals surface area contributed by atoms with Gasteiger partial charge >= 0.3 is 0 Å². The number of imidazole rings is 1. The lowest BCUT2D eigenvalue weighted by atomic mass is 10.3. The van der Waals surface area contributed by atoms with Gasteiger partial charge in [-0.2, -0.15) is 0 Å². The number of nitrogens with zero attached hydrogens (tertiary/aromatic N) is 3. The molecule has 4 nitrogen and oxygen atoms in total. The number of aromatic nitrogens is 2. The van der Waals surface area contributed by atoms with E-state index in [1.54, 1.807) is 0 Å². The zero-order valence-electron chi connectivity index (χ0n) is 12.1. The standard InChI is InChI=1S/C17H16N4S/c22-17(18-13-7-2-1-3-8-13)21-12-6-11-20-15-10-5-4-9-14(15)19-16(20)21/h1-5,7-10H,6,11-12H2,(H,18,22). The Bertz CT molecular complexity index is 825. The van der Waals surface area contributed by atoms with Crippen molar-refractivity contribution < 1.29 is 0 Å². The van der Waals surface area contributed by atoms with Crippen LogP contribution >= 0.6 is 12.2 Å². The first-order valence-electron chi connectivity index (χ1n) is 7.42. The van der Waals surface area contributed by atoms with E-state index in [0.29, 0.717) is 5.11 Å². The normalized spacial score (nSPS) is 13.9. The third kappa shape index (κ3) is 2.23. The molecule has 1 aliphatic rings. The van der Waals surface area contributed by atoms with Crippen LogP contribution in [0.2, 0.25) is 0 Å². The summed E-state index contributed by atoms with van der Waals surface area (Å²) in [5.41, 5.74) is 3.19. The third-order valence-electron chi connectivity index (χ3n) is 3.91. The number of hydrogen-bond donors (Lipinski definition) is 1. The smallest absolute Gasteiger partial charge is 0.212 e. The number of thiocarbonyl (C=S) groups is 1. The molecule has 110 valence electrons. The molecule has 0 radical (unpaired) electrons. The lowest BCUT2D eigenvalue weighted by Gasteiger charge is -2.29. The van der Waals surface area contributed by atoms with Crippen molar-refractivity contribution in [3.05, 3.63) is 54.6 Å². The Labute approximate surface area is 134 Å². The van der Waals surface area contributed by atoms with Crippen molar-refractivity contribution in [1.29, 1.82) is 0 Å². The molecule has 0 unspecified atom stereocenters. The van der Waals surface area contributed by atoms with Crippen LogP contribution in [0.1, 0.15) is 6.42 Å². The molecule has 0 saturated carbocycles. The van der Waals surface area contributed by atoms with Crippen LogP contribution in [0.15, 0.2) is 54.6 Å². The first-order valence-corrected chi connectivity index (χ1v) is 7.82. The van der Waals surface area contributed by atoms with Gasteiger partial charge in [0.1, 0.15) is 0 Å². The van der Waals surface area contributed by atoms with Gasteiger partial charge in [0.05, 0.1) is 11.0 Å². The van der Waals surface area contributed by atoms with E-state index >= 15 is 0 Å². The molecule has 0 atom stereocenters. The molecular weight excluding hydrogens is 292 g/mol. The number of para-hydroxylation sites is 3. The van der Waals surface area contributed by atoms with Gasteiger partial charge in [0.15, 0.2) is 5.11 Å². The molecule has 2 aromatic carbocycles. The summed E-state index contributed by atoms with van der Waals surface area (Å²) in [6.45, 7) is 1.88. The van der Waals surface area contributed by atoms with E-state index in [1.807, 2.05) is 42.5 Å². The van der Waals surface area contributed by atoms with Crippen LogP contribution in [0, 0.1) is 0 Å². The Hall–Kier alpha value is -2.40. The highest BCUT2D eigenvalue weighted by molar-refractivity contribution is 7.80. The van der Waals surface area contributed by atoms with Gasteiger partial charge in [0.25, 0.3) is 0 Å². The molecule has 1 aliphatic heterocycles. The number of rotatable bonds is 1. The summed E-state index contributed by atoms with van der Waals surface area (Å²) in [6.07, 6.45) is 1.06. The van der Waals surface area contributed by atoms with Crippen molar-refractivity contribution in [2.24, 2.45) is 0 Å². The van der Waals surface area contributed by atoms with Crippen LogP contribution in [0.4, 0.5) is 11.6 Å². The van der Waals surface area contributed by atoms with E-state index in [9.17, 15) is 0 Å². The minimum absolute atomic E-state index is 0.697. The molecule has 22 heavy (non-hydrogen) atoms. The Morgan fingerprint density at radius 3 is 2.64 bits per heavy atom. The van der Waals surface area contributed by atoms with Gasteiger partial charge in [-0.1, -0.05) is 30.3 Å². The maximum absolute atomic E-state index is 5.60.